The quantitative estimate of drug-likeness (QED) is 0.325. The molecule has 0 spiro atoms. The predicted octanol–water partition coefficient (Wildman–Crippen LogP) is 4.96. The minimum atomic E-state index is -0.553. The molecule has 0 atom stereocenters. The molecule has 0 bridgehead atoms. The number of ether oxygens (including phenoxy) is 2. The number of carbonyl (C=O) groups is 2. The first-order chi connectivity index (χ1) is 13.3. The highest BCUT2D eigenvalue weighted by Crippen LogP contribution is 2.35. The molecular weight excluding hydrogens is 515 g/mol. The van der Waals surface area contributed by atoms with Crippen molar-refractivity contribution in [2.75, 3.05) is 19.0 Å². The van der Waals surface area contributed by atoms with E-state index in [0.29, 0.717) is 31.0 Å². The van der Waals surface area contributed by atoms with Crippen molar-refractivity contribution in [1.82, 2.24) is 0 Å². The monoisotopic (exact) mass is 526 g/mol. The Morgan fingerprint density at radius 3 is 2.36 bits per heavy atom. The number of methoxy groups -OCH3 is 1. The molecule has 2 rings (SSSR count). The summed E-state index contributed by atoms with van der Waals surface area (Å²) in [5.41, 5.74) is 1.01. The Morgan fingerprint density at radius 1 is 1.21 bits per heavy atom. The van der Waals surface area contributed by atoms with E-state index in [-0.39, 0.29) is 12.2 Å². The lowest BCUT2D eigenvalue weighted by atomic mass is 10.1. The molecule has 0 aromatic heterocycles. The molecule has 144 valence electrons. The lowest BCUT2D eigenvalue weighted by Crippen LogP contribution is -2.13. The predicted molar refractivity (Wildman–Crippen MR) is 113 cm³/mol. The second kappa shape index (κ2) is 10.3. The number of nitrogens with one attached hydrogen (secondary N) is 1. The van der Waals surface area contributed by atoms with Gasteiger partial charge >= 0.3 is 5.97 Å². The van der Waals surface area contributed by atoms with Crippen molar-refractivity contribution in [2.24, 2.45) is 0 Å². The maximum absolute atomic E-state index is 12.3. The van der Waals surface area contributed by atoms with Gasteiger partial charge in [-0.3, -0.25) is 4.79 Å². The van der Waals surface area contributed by atoms with E-state index in [2.05, 4.69) is 41.9 Å². The highest BCUT2D eigenvalue weighted by atomic mass is 79.9. The Hall–Kier alpha value is -2.34. The first-order valence-electron chi connectivity index (χ1n) is 7.71. The molecule has 0 saturated heterocycles. The topological polar surface area (TPSA) is 88.4 Å². The second-order valence-electron chi connectivity index (χ2n) is 5.31. The SMILES string of the molecule is COC(=O)COc1c(Br)cc(/C=C(/C#N)C(=O)Nc2ccc(Cl)cc2)cc1Br. The molecule has 0 radical (unpaired) electrons. The van der Waals surface area contributed by atoms with Gasteiger partial charge in [0.2, 0.25) is 0 Å². The van der Waals surface area contributed by atoms with Crippen molar-refractivity contribution in [2.45, 2.75) is 0 Å². The summed E-state index contributed by atoms with van der Waals surface area (Å²) in [6, 6.07) is 11.7. The summed E-state index contributed by atoms with van der Waals surface area (Å²) < 4.78 is 11.0. The Balaban J connectivity index is 2.21. The second-order valence-corrected chi connectivity index (χ2v) is 7.45. The van der Waals surface area contributed by atoms with E-state index < -0.39 is 11.9 Å². The number of carbonyl (C=O) groups excluding carboxylic acids is 2. The summed E-state index contributed by atoms with van der Waals surface area (Å²) in [4.78, 5) is 23.6. The molecule has 9 heteroatoms. The first-order valence-corrected chi connectivity index (χ1v) is 9.67. The molecule has 1 N–H and O–H groups in total. The van der Waals surface area contributed by atoms with Crippen LogP contribution < -0.4 is 10.1 Å². The number of anilines is 1. The molecule has 6 nitrogen and oxygen atoms in total. The highest BCUT2D eigenvalue weighted by molar-refractivity contribution is 9.11. The van der Waals surface area contributed by atoms with Gasteiger partial charge in [0.25, 0.3) is 5.91 Å². The van der Waals surface area contributed by atoms with Crippen molar-refractivity contribution in [1.29, 1.82) is 5.26 Å². The first kappa shape index (κ1) is 22.0. The fourth-order valence-electron chi connectivity index (χ4n) is 2.04. The lowest BCUT2D eigenvalue weighted by molar-refractivity contribution is -0.142. The molecule has 2 aromatic rings. The number of hydrogen-bond acceptors (Lipinski definition) is 5. The molecule has 0 aliphatic carbocycles. The Kier molecular flexibility index (Phi) is 8.05. The van der Waals surface area contributed by atoms with Crippen molar-refractivity contribution in [3.05, 3.63) is 61.5 Å². The van der Waals surface area contributed by atoms with Crippen molar-refractivity contribution in [3.63, 3.8) is 0 Å². The fraction of sp³-hybridized carbons (Fsp3) is 0.105. The summed E-state index contributed by atoms with van der Waals surface area (Å²) in [5.74, 6) is -0.678. The molecule has 0 fully saturated rings. The van der Waals surface area contributed by atoms with Crippen LogP contribution in [0.25, 0.3) is 6.08 Å². The minimum absolute atomic E-state index is 0.0861. The number of halogens is 3. The largest absolute Gasteiger partial charge is 0.480 e. The van der Waals surface area contributed by atoms with Crippen molar-refractivity contribution in [3.8, 4) is 11.8 Å². The van der Waals surface area contributed by atoms with E-state index in [1.54, 1.807) is 36.4 Å². The third kappa shape index (κ3) is 6.09. The van der Waals surface area contributed by atoms with Gasteiger partial charge in [0, 0.05) is 10.7 Å². The van der Waals surface area contributed by atoms with E-state index >= 15 is 0 Å². The molecule has 0 saturated carbocycles. The summed E-state index contributed by atoms with van der Waals surface area (Å²) in [6.45, 7) is -0.254. The van der Waals surface area contributed by atoms with Crippen LogP contribution in [0.1, 0.15) is 5.56 Å². The Morgan fingerprint density at radius 2 is 1.82 bits per heavy atom. The standard InChI is InChI=1S/C19H13Br2ClN2O4/c1-27-17(25)10-28-18-15(20)7-11(8-16(18)21)6-12(9-23)19(26)24-14-4-2-13(22)3-5-14/h2-8H,10H2,1H3,(H,24,26)/b12-6-. The smallest absolute Gasteiger partial charge is 0.343 e. The van der Waals surface area contributed by atoms with Gasteiger partial charge in [-0.05, 0) is 79.9 Å². The van der Waals surface area contributed by atoms with Crippen LogP contribution in [0, 0.1) is 11.3 Å². The van der Waals surface area contributed by atoms with Crippen LogP contribution in [0.3, 0.4) is 0 Å². The maximum atomic E-state index is 12.3. The zero-order valence-corrected chi connectivity index (χ0v) is 18.4. The van der Waals surface area contributed by atoms with Crippen LogP contribution in [0.5, 0.6) is 5.75 Å². The zero-order chi connectivity index (χ0) is 20.7. The number of benzene rings is 2. The normalized spacial score (nSPS) is 10.8. The van der Waals surface area contributed by atoms with Crippen LogP contribution in [-0.2, 0) is 14.3 Å². The number of rotatable bonds is 6. The highest BCUT2D eigenvalue weighted by Gasteiger charge is 2.13. The van der Waals surface area contributed by atoms with Crippen molar-refractivity contribution < 1.29 is 19.1 Å². The van der Waals surface area contributed by atoms with Crippen molar-refractivity contribution >= 4 is 67.1 Å². The average molecular weight is 529 g/mol. The van der Waals surface area contributed by atoms with E-state index in [1.807, 2.05) is 6.07 Å². The molecule has 0 unspecified atom stereocenters. The van der Waals surface area contributed by atoms with E-state index in [0.717, 1.165) is 0 Å². The number of esters is 1. The third-order valence-corrected chi connectivity index (χ3v) is 4.79. The molecule has 28 heavy (non-hydrogen) atoms. The van der Waals surface area contributed by atoms with Crippen LogP contribution in [-0.4, -0.2) is 25.6 Å². The minimum Gasteiger partial charge on any atom is -0.480 e. The third-order valence-electron chi connectivity index (χ3n) is 3.36. The van der Waals surface area contributed by atoms with Crippen LogP contribution in [0.15, 0.2) is 50.9 Å². The van der Waals surface area contributed by atoms with Gasteiger partial charge in [-0.15, -0.1) is 0 Å². The van der Waals surface area contributed by atoms with Gasteiger partial charge in [-0.2, -0.15) is 5.26 Å². The summed E-state index contributed by atoms with van der Waals surface area (Å²) in [7, 11) is 1.27. The van der Waals surface area contributed by atoms with E-state index in [1.165, 1.54) is 13.2 Å². The summed E-state index contributed by atoms with van der Waals surface area (Å²) in [6.07, 6.45) is 1.44. The van der Waals surface area contributed by atoms with E-state index in [4.69, 9.17) is 16.3 Å². The molecule has 0 aliphatic rings. The summed E-state index contributed by atoms with van der Waals surface area (Å²) >= 11 is 12.5. The van der Waals surface area contributed by atoms with Gasteiger partial charge in [0.1, 0.15) is 17.4 Å². The van der Waals surface area contributed by atoms with Gasteiger partial charge < -0.3 is 14.8 Å². The number of hydrogen-bond donors (Lipinski definition) is 1. The van der Waals surface area contributed by atoms with Crippen LogP contribution in [0.2, 0.25) is 5.02 Å². The van der Waals surface area contributed by atoms with Gasteiger partial charge in [0.05, 0.1) is 16.1 Å². The van der Waals surface area contributed by atoms with Gasteiger partial charge in [-0.1, -0.05) is 11.6 Å². The summed E-state index contributed by atoms with van der Waals surface area (Å²) in [5, 5.41) is 12.5. The maximum Gasteiger partial charge on any atom is 0.343 e. The zero-order valence-electron chi connectivity index (χ0n) is 14.5. The Bertz CT molecular complexity index is 946. The molecular formula is C19H13Br2ClN2O4. The van der Waals surface area contributed by atoms with Crippen LogP contribution >= 0.6 is 43.5 Å². The molecule has 1 amide bonds. The van der Waals surface area contributed by atoms with Crippen LogP contribution in [0.4, 0.5) is 5.69 Å². The van der Waals surface area contributed by atoms with E-state index in [9.17, 15) is 14.9 Å². The fourth-order valence-corrected chi connectivity index (χ4v) is 3.61. The van der Waals surface area contributed by atoms with Gasteiger partial charge in [-0.25, -0.2) is 4.79 Å². The van der Waals surface area contributed by atoms with Gasteiger partial charge in [0.15, 0.2) is 6.61 Å². The lowest BCUT2D eigenvalue weighted by Gasteiger charge is -2.10. The molecule has 2 aromatic carbocycles. The molecule has 0 heterocycles. The Labute approximate surface area is 183 Å². The average Bonchev–Trinajstić information content (AvgIpc) is 2.66. The number of nitriles is 1. The number of amides is 1. The number of nitrogens with zero attached hydrogens (tertiary/aromatic N) is 1. The molecule has 0 aliphatic heterocycles.